The summed E-state index contributed by atoms with van der Waals surface area (Å²) in [5.41, 5.74) is 1.98. The van der Waals surface area contributed by atoms with Gasteiger partial charge in [0.25, 0.3) is 0 Å². The van der Waals surface area contributed by atoms with E-state index >= 15 is 0 Å². The molecule has 0 saturated heterocycles. The summed E-state index contributed by atoms with van der Waals surface area (Å²) >= 11 is 0. The fourth-order valence-electron chi connectivity index (χ4n) is 2.31. The zero-order valence-corrected chi connectivity index (χ0v) is 14.6. The summed E-state index contributed by atoms with van der Waals surface area (Å²) in [4.78, 5) is 14.0. The normalized spacial score (nSPS) is 10.0. The van der Waals surface area contributed by atoms with Crippen molar-refractivity contribution in [1.29, 1.82) is 0 Å². The lowest BCUT2D eigenvalue weighted by Gasteiger charge is -2.22. The van der Waals surface area contributed by atoms with Gasteiger partial charge in [0.05, 0.1) is 14.2 Å². The predicted octanol–water partition coefficient (Wildman–Crippen LogP) is 4.03. The molecule has 2 aromatic rings. The van der Waals surface area contributed by atoms with Crippen LogP contribution in [0.4, 0.5) is 4.79 Å². The molecule has 5 nitrogen and oxygen atoms in total. The molecule has 0 aliphatic rings. The number of ether oxygens (including phenoxy) is 3. The van der Waals surface area contributed by atoms with Crippen molar-refractivity contribution in [2.75, 3.05) is 20.8 Å². The standard InChI is InChI=1S/C20H23NO4/c1-4-13-25-20(22)21(14-16-5-9-18(23-2)10-6-16)15-17-7-11-19(24-3)12-8-17/h4-12H,1,13-15H2,2-3H3. The summed E-state index contributed by atoms with van der Waals surface area (Å²) < 4.78 is 15.5. The molecule has 0 aliphatic carbocycles. The maximum Gasteiger partial charge on any atom is 0.410 e. The van der Waals surface area contributed by atoms with Crippen molar-refractivity contribution < 1.29 is 19.0 Å². The van der Waals surface area contributed by atoms with E-state index in [1.54, 1.807) is 25.2 Å². The van der Waals surface area contributed by atoms with Crippen molar-refractivity contribution in [2.24, 2.45) is 0 Å². The van der Waals surface area contributed by atoms with Gasteiger partial charge in [-0.05, 0) is 35.4 Å². The van der Waals surface area contributed by atoms with Gasteiger partial charge in [-0.25, -0.2) is 4.79 Å². The summed E-state index contributed by atoms with van der Waals surface area (Å²) in [6.07, 6.45) is 1.17. The van der Waals surface area contributed by atoms with Crippen molar-refractivity contribution >= 4 is 6.09 Å². The number of benzene rings is 2. The Bertz CT molecular complexity index is 630. The SMILES string of the molecule is C=CCOC(=O)N(Cc1ccc(OC)cc1)Cc1ccc(OC)cc1. The van der Waals surface area contributed by atoms with Crippen LogP contribution in [0.15, 0.2) is 61.2 Å². The van der Waals surface area contributed by atoms with Crippen molar-refractivity contribution in [3.63, 3.8) is 0 Å². The third-order valence-electron chi connectivity index (χ3n) is 3.65. The number of nitrogens with zero attached hydrogens (tertiary/aromatic N) is 1. The van der Waals surface area contributed by atoms with Gasteiger partial charge >= 0.3 is 6.09 Å². The minimum atomic E-state index is -0.383. The van der Waals surface area contributed by atoms with Crippen LogP contribution in [0.25, 0.3) is 0 Å². The molecule has 2 rings (SSSR count). The number of amides is 1. The number of carbonyl (C=O) groups excluding carboxylic acids is 1. The highest BCUT2D eigenvalue weighted by Crippen LogP contribution is 2.17. The lowest BCUT2D eigenvalue weighted by molar-refractivity contribution is 0.107. The van der Waals surface area contributed by atoms with Gasteiger partial charge in [0.1, 0.15) is 18.1 Å². The molecule has 0 bridgehead atoms. The Labute approximate surface area is 148 Å². The maximum atomic E-state index is 12.4. The molecule has 0 heterocycles. The Morgan fingerprint density at radius 3 is 1.72 bits per heavy atom. The highest BCUT2D eigenvalue weighted by Gasteiger charge is 2.16. The summed E-state index contributed by atoms with van der Waals surface area (Å²) in [6.45, 7) is 4.63. The van der Waals surface area contributed by atoms with Crippen LogP contribution in [0.1, 0.15) is 11.1 Å². The predicted molar refractivity (Wildman–Crippen MR) is 96.8 cm³/mol. The first-order valence-corrected chi connectivity index (χ1v) is 7.94. The molecule has 0 fully saturated rings. The molecule has 0 N–H and O–H groups in total. The molecular weight excluding hydrogens is 318 g/mol. The molecule has 0 radical (unpaired) electrons. The van der Waals surface area contributed by atoms with Crippen LogP contribution in [0.5, 0.6) is 11.5 Å². The van der Waals surface area contributed by atoms with E-state index in [2.05, 4.69) is 6.58 Å². The zero-order valence-electron chi connectivity index (χ0n) is 14.6. The van der Waals surface area contributed by atoms with Crippen molar-refractivity contribution in [1.82, 2.24) is 4.90 Å². The minimum absolute atomic E-state index is 0.181. The van der Waals surface area contributed by atoms with Crippen LogP contribution in [0.3, 0.4) is 0 Å². The molecule has 0 aliphatic heterocycles. The largest absolute Gasteiger partial charge is 0.497 e. The summed E-state index contributed by atoms with van der Waals surface area (Å²) in [5, 5.41) is 0. The number of hydrogen-bond acceptors (Lipinski definition) is 4. The number of rotatable bonds is 8. The van der Waals surface area contributed by atoms with Crippen LogP contribution in [0.2, 0.25) is 0 Å². The van der Waals surface area contributed by atoms with Crippen LogP contribution >= 0.6 is 0 Å². The second-order valence-electron chi connectivity index (χ2n) is 5.42. The van der Waals surface area contributed by atoms with E-state index in [0.29, 0.717) is 13.1 Å². The Morgan fingerprint density at radius 2 is 1.36 bits per heavy atom. The molecule has 0 unspecified atom stereocenters. The Morgan fingerprint density at radius 1 is 0.920 bits per heavy atom. The zero-order chi connectivity index (χ0) is 18.1. The Hall–Kier alpha value is -2.95. The second kappa shape index (κ2) is 9.37. The van der Waals surface area contributed by atoms with Gasteiger partial charge in [0.15, 0.2) is 0 Å². The third-order valence-corrected chi connectivity index (χ3v) is 3.65. The average molecular weight is 341 g/mol. The fraction of sp³-hybridized carbons (Fsp3) is 0.250. The third kappa shape index (κ3) is 5.57. The lowest BCUT2D eigenvalue weighted by Crippen LogP contribution is -2.30. The molecule has 0 spiro atoms. The topological polar surface area (TPSA) is 48.0 Å². The van der Waals surface area contributed by atoms with E-state index in [-0.39, 0.29) is 12.7 Å². The van der Waals surface area contributed by atoms with E-state index in [1.807, 2.05) is 48.5 Å². The molecule has 2 aromatic carbocycles. The minimum Gasteiger partial charge on any atom is -0.497 e. The van der Waals surface area contributed by atoms with Crippen LogP contribution < -0.4 is 9.47 Å². The first-order valence-electron chi connectivity index (χ1n) is 7.94. The molecule has 0 saturated carbocycles. The monoisotopic (exact) mass is 341 g/mol. The van der Waals surface area contributed by atoms with Crippen LogP contribution in [0, 0.1) is 0 Å². The van der Waals surface area contributed by atoms with Gasteiger partial charge in [-0.3, -0.25) is 4.90 Å². The van der Waals surface area contributed by atoms with Crippen molar-refractivity contribution in [3.05, 3.63) is 72.3 Å². The van der Waals surface area contributed by atoms with E-state index in [0.717, 1.165) is 22.6 Å². The van der Waals surface area contributed by atoms with Crippen LogP contribution in [-0.4, -0.2) is 31.8 Å². The Kier molecular flexibility index (Phi) is 6.89. The van der Waals surface area contributed by atoms with Crippen LogP contribution in [-0.2, 0) is 17.8 Å². The molecule has 0 aromatic heterocycles. The molecule has 1 amide bonds. The van der Waals surface area contributed by atoms with Gasteiger partial charge < -0.3 is 14.2 Å². The first-order chi connectivity index (χ1) is 12.2. The van der Waals surface area contributed by atoms with Gasteiger partial charge in [0.2, 0.25) is 0 Å². The quantitative estimate of drug-likeness (QED) is 0.680. The van der Waals surface area contributed by atoms with Gasteiger partial charge in [-0.15, -0.1) is 0 Å². The molecule has 25 heavy (non-hydrogen) atoms. The van der Waals surface area contributed by atoms with Gasteiger partial charge in [-0.1, -0.05) is 36.9 Å². The van der Waals surface area contributed by atoms with Crippen molar-refractivity contribution in [3.8, 4) is 11.5 Å². The second-order valence-corrected chi connectivity index (χ2v) is 5.42. The number of methoxy groups -OCH3 is 2. The lowest BCUT2D eigenvalue weighted by atomic mass is 10.1. The molecular formula is C20H23NO4. The highest BCUT2D eigenvalue weighted by molar-refractivity contribution is 5.67. The summed E-state index contributed by atoms with van der Waals surface area (Å²) in [6, 6.07) is 15.2. The van der Waals surface area contributed by atoms with E-state index in [1.165, 1.54) is 0 Å². The number of hydrogen-bond donors (Lipinski definition) is 0. The fourth-order valence-corrected chi connectivity index (χ4v) is 2.31. The summed E-state index contributed by atoms with van der Waals surface area (Å²) in [7, 11) is 3.25. The highest BCUT2D eigenvalue weighted by atomic mass is 16.6. The first kappa shape index (κ1) is 18.4. The van der Waals surface area contributed by atoms with E-state index < -0.39 is 0 Å². The van der Waals surface area contributed by atoms with E-state index in [9.17, 15) is 4.79 Å². The van der Waals surface area contributed by atoms with Gasteiger partial charge in [-0.2, -0.15) is 0 Å². The summed E-state index contributed by atoms with van der Waals surface area (Å²) in [5.74, 6) is 1.55. The molecule has 0 atom stereocenters. The molecule has 5 heteroatoms. The average Bonchev–Trinajstić information content (AvgIpc) is 2.66. The van der Waals surface area contributed by atoms with Crippen molar-refractivity contribution in [2.45, 2.75) is 13.1 Å². The smallest absolute Gasteiger partial charge is 0.410 e. The Balaban J connectivity index is 2.12. The van der Waals surface area contributed by atoms with Gasteiger partial charge in [0, 0.05) is 13.1 Å². The maximum absolute atomic E-state index is 12.4. The van der Waals surface area contributed by atoms with E-state index in [4.69, 9.17) is 14.2 Å². The molecule has 132 valence electrons. The number of carbonyl (C=O) groups is 1.